The number of carbonyl (C=O) groups is 1. The first-order chi connectivity index (χ1) is 9.60. The first-order valence-electron chi connectivity index (χ1n) is 6.80. The van der Waals surface area contributed by atoms with Gasteiger partial charge in [0, 0.05) is 18.3 Å². The lowest BCUT2D eigenvalue weighted by Crippen LogP contribution is -2.45. The van der Waals surface area contributed by atoms with E-state index in [9.17, 15) is 9.18 Å². The zero-order valence-electron chi connectivity index (χ0n) is 11.3. The number of hydrogen-bond acceptors (Lipinski definition) is 4. The SMILES string of the molecule is Nc1cc(NC(=O)CN(CCO)C2CCC2)ccc1F. The minimum absolute atomic E-state index is 0.00834. The molecule has 0 bridgehead atoms. The topological polar surface area (TPSA) is 78.6 Å². The normalized spacial score (nSPS) is 15.2. The molecule has 0 saturated heterocycles. The zero-order chi connectivity index (χ0) is 14.5. The molecule has 110 valence electrons. The number of nitrogens with zero attached hydrogens (tertiary/aromatic N) is 1. The maximum Gasteiger partial charge on any atom is 0.238 e. The average Bonchev–Trinajstić information content (AvgIpc) is 2.32. The van der Waals surface area contributed by atoms with Gasteiger partial charge in [-0.2, -0.15) is 0 Å². The number of nitrogens with one attached hydrogen (secondary N) is 1. The number of amides is 1. The summed E-state index contributed by atoms with van der Waals surface area (Å²) in [6.45, 7) is 0.749. The predicted octanol–water partition coefficient (Wildman–Crippen LogP) is 1.19. The number of aliphatic hydroxyl groups is 1. The summed E-state index contributed by atoms with van der Waals surface area (Å²) in [6, 6.07) is 4.48. The van der Waals surface area contributed by atoms with Crippen LogP contribution in [0.3, 0.4) is 0 Å². The van der Waals surface area contributed by atoms with Gasteiger partial charge in [0.25, 0.3) is 0 Å². The largest absolute Gasteiger partial charge is 0.396 e. The summed E-state index contributed by atoms with van der Waals surface area (Å²) in [4.78, 5) is 13.9. The van der Waals surface area contributed by atoms with E-state index < -0.39 is 5.82 Å². The van der Waals surface area contributed by atoms with Crippen LogP contribution >= 0.6 is 0 Å². The summed E-state index contributed by atoms with van der Waals surface area (Å²) >= 11 is 0. The van der Waals surface area contributed by atoms with Crippen LogP contribution in [-0.4, -0.2) is 41.7 Å². The van der Waals surface area contributed by atoms with Crippen molar-refractivity contribution in [3.8, 4) is 0 Å². The van der Waals surface area contributed by atoms with E-state index in [2.05, 4.69) is 5.32 Å². The van der Waals surface area contributed by atoms with Gasteiger partial charge in [-0.25, -0.2) is 4.39 Å². The van der Waals surface area contributed by atoms with E-state index in [-0.39, 0.29) is 24.7 Å². The number of carbonyl (C=O) groups excluding carboxylic acids is 1. The van der Waals surface area contributed by atoms with Crippen molar-refractivity contribution >= 4 is 17.3 Å². The Morgan fingerprint density at radius 3 is 2.80 bits per heavy atom. The Bertz CT molecular complexity index is 477. The quantitative estimate of drug-likeness (QED) is 0.684. The first kappa shape index (κ1) is 14.7. The van der Waals surface area contributed by atoms with Gasteiger partial charge in [0.15, 0.2) is 0 Å². The molecule has 2 rings (SSSR count). The highest BCUT2D eigenvalue weighted by molar-refractivity contribution is 5.92. The van der Waals surface area contributed by atoms with Gasteiger partial charge in [-0.15, -0.1) is 0 Å². The second kappa shape index (κ2) is 6.67. The third-order valence-electron chi connectivity index (χ3n) is 3.60. The number of rotatable bonds is 6. The lowest BCUT2D eigenvalue weighted by Gasteiger charge is -2.36. The van der Waals surface area contributed by atoms with E-state index in [1.807, 2.05) is 4.90 Å². The summed E-state index contributed by atoms with van der Waals surface area (Å²) in [5.74, 6) is -0.685. The fourth-order valence-electron chi connectivity index (χ4n) is 2.28. The molecule has 1 amide bonds. The van der Waals surface area contributed by atoms with Crippen molar-refractivity contribution in [2.24, 2.45) is 0 Å². The van der Waals surface area contributed by atoms with Crippen LogP contribution in [0.25, 0.3) is 0 Å². The summed E-state index contributed by atoms with van der Waals surface area (Å²) in [5.41, 5.74) is 5.94. The summed E-state index contributed by atoms with van der Waals surface area (Å²) < 4.78 is 13.0. The maximum atomic E-state index is 13.0. The molecule has 0 aliphatic heterocycles. The Labute approximate surface area is 117 Å². The van der Waals surface area contributed by atoms with Gasteiger partial charge in [0.1, 0.15) is 5.82 Å². The third kappa shape index (κ3) is 3.68. The van der Waals surface area contributed by atoms with Crippen LogP contribution in [-0.2, 0) is 4.79 Å². The van der Waals surface area contributed by atoms with Gasteiger partial charge in [0.2, 0.25) is 5.91 Å². The fraction of sp³-hybridized carbons (Fsp3) is 0.500. The molecule has 5 nitrogen and oxygen atoms in total. The smallest absolute Gasteiger partial charge is 0.238 e. The number of anilines is 2. The molecule has 1 aromatic carbocycles. The molecule has 0 radical (unpaired) electrons. The van der Waals surface area contributed by atoms with Crippen LogP contribution in [0.4, 0.5) is 15.8 Å². The second-order valence-electron chi connectivity index (χ2n) is 5.06. The Morgan fingerprint density at radius 2 is 2.25 bits per heavy atom. The molecule has 1 aliphatic rings. The zero-order valence-corrected chi connectivity index (χ0v) is 11.3. The number of hydrogen-bond donors (Lipinski definition) is 3. The third-order valence-corrected chi connectivity index (χ3v) is 3.60. The molecule has 1 fully saturated rings. The highest BCUT2D eigenvalue weighted by atomic mass is 19.1. The first-order valence-corrected chi connectivity index (χ1v) is 6.80. The van der Waals surface area contributed by atoms with Crippen molar-refractivity contribution in [2.75, 3.05) is 30.7 Å². The van der Waals surface area contributed by atoms with Crippen molar-refractivity contribution in [3.05, 3.63) is 24.0 Å². The maximum absolute atomic E-state index is 13.0. The van der Waals surface area contributed by atoms with Crippen LogP contribution in [0.2, 0.25) is 0 Å². The number of nitrogens with two attached hydrogens (primary N) is 1. The molecule has 0 unspecified atom stereocenters. The Morgan fingerprint density at radius 1 is 1.50 bits per heavy atom. The van der Waals surface area contributed by atoms with Crippen LogP contribution in [0, 0.1) is 5.82 Å². The summed E-state index contributed by atoms with van der Waals surface area (Å²) in [6.07, 6.45) is 3.30. The van der Waals surface area contributed by atoms with Crippen LogP contribution < -0.4 is 11.1 Å². The average molecular weight is 281 g/mol. The minimum atomic E-state index is -0.501. The molecular weight excluding hydrogens is 261 g/mol. The number of benzene rings is 1. The molecule has 0 heterocycles. The fourth-order valence-corrected chi connectivity index (χ4v) is 2.28. The van der Waals surface area contributed by atoms with Gasteiger partial charge in [-0.3, -0.25) is 9.69 Å². The van der Waals surface area contributed by atoms with Crippen molar-refractivity contribution in [3.63, 3.8) is 0 Å². The molecule has 1 aromatic rings. The van der Waals surface area contributed by atoms with Crippen LogP contribution in [0.5, 0.6) is 0 Å². The monoisotopic (exact) mass is 281 g/mol. The number of halogens is 1. The van der Waals surface area contributed by atoms with E-state index >= 15 is 0 Å². The molecular formula is C14H20FN3O2. The van der Waals surface area contributed by atoms with Crippen LogP contribution in [0.15, 0.2) is 18.2 Å². The van der Waals surface area contributed by atoms with E-state index in [0.29, 0.717) is 18.3 Å². The molecule has 4 N–H and O–H groups in total. The van der Waals surface area contributed by atoms with Gasteiger partial charge >= 0.3 is 0 Å². The van der Waals surface area contributed by atoms with E-state index in [0.717, 1.165) is 12.8 Å². The Kier molecular flexibility index (Phi) is 4.92. The molecule has 0 aromatic heterocycles. The minimum Gasteiger partial charge on any atom is -0.396 e. The summed E-state index contributed by atoms with van der Waals surface area (Å²) in [7, 11) is 0. The van der Waals surface area contributed by atoms with Gasteiger partial charge in [0.05, 0.1) is 18.8 Å². The molecule has 0 atom stereocenters. The number of aliphatic hydroxyl groups excluding tert-OH is 1. The van der Waals surface area contributed by atoms with Gasteiger partial charge in [-0.1, -0.05) is 6.42 Å². The van der Waals surface area contributed by atoms with E-state index in [4.69, 9.17) is 10.8 Å². The van der Waals surface area contributed by atoms with Crippen molar-refractivity contribution < 1.29 is 14.3 Å². The van der Waals surface area contributed by atoms with Crippen molar-refractivity contribution in [1.82, 2.24) is 4.90 Å². The van der Waals surface area contributed by atoms with Crippen molar-refractivity contribution in [2.45, 2.75) is 25.3 Å². The lowest BCUT2D eigenvalue weighted by molar-refractivity contribution is -0.118. The molecule has 0 spiro atoms. The number of nitrogen functional groups attached to an aromatic ring is 1. The van der Waals surface area contributed by atoms with Crippen molar-refractivity contribution in [1.29, 1.82) is 0 Å². The van der Waals surface area contributed by atoms with Crippen LogP contribution in [0.1, 0.15) is 19.3 Å². The molecule has 1 saturated carbocycles. The lowest BCUT2D eigenvalue weighted by atomic mass is 9.91. The van der Waals surface area contributed by atoms with E-state index in [1.54, 1.807) is 0 Å². The highest BCUT2D eigenvalue weighted by Gasteiger charge is 2.25. The molecule has 20 heavy (non-hydrogen) atoms. The van der Waals surface area contributed by atoms with Gasteiger partial charge in [-0.05, 0) is 31.0 Å². The Hall–Kier alpha value is -1.66. The predicted molar refractivity (Wildman–Crippen MR) is 75.7 cm³/mol. The molecule has 1 aliphatic carbocycles. The standard InChI is InChI=1S/C14H20FN3O2/c15-12-5-4-10(8-13(12)16)17-14(20)9-18(6-7-19)11-2-1-3-11/h4-5,8,11,19H,1-3,6-7,9,16H2,(H,17,20). The van der Waals surface area contributed by atoms with E-state index in [1.165, 1.54) is 24.6 Å². The molecule has 6 heteroatoms. The second-order valence-corrected chi connectivity index (χ2v) is 5.06. The highest BCUT2D eigenvalue weighted by Crippen LogP contribution is 2.24. The summed E-state index contributed by atoms with van der Waals surface area (Å²) in [5, 5.41) is 11.7. The van der Waals surface area contributed by atoms with Gasteiger partial charge < -0.3 is 16.2 Å². The Balaban J connectivity index is 1.91.